The fraction of sp³-hybridized carbons (Fsp3) is 0.273. The van der Waals surface area contributed by atoms with E-state index in [0.717, 1.165) is 18.7 Å². The van der Waals surface area contributed by atoms with Gasteiger partial charge in [-0.15, -0.1) is 0 Å². The number of imidazole rings is 1. The Morgan fingerprint density at radius 3 is 3.07 bits per heavy atom. The second-order valence-electron chi connectivity index (χ2n) is 3.44. The first-order chi connectivity index (χ1) is 7.38. The van der Waals surface area contributed by atoms with Crippen LogP contribution in [0.3, 0.4) is 0 Å². The number of aromatic nitrogens is 3. The number of rotatable bonds is 4. The highest BCUT2D eigenvalue weighted by Crippen LogP contribution is 2.02. The quantitative estimate of drug-likeness (QED) is 0.798. The van der Waals surface area contributed by atoms with E-state index in [2.05, 4.69) is 16.0 Å². The number of nitrogens with two attached hydrogens (primary N) is 1. The summed E-state index contributed by atoms with van der Waals surface area (Å²) in [5.41, 5.74) is 7.68. The molecule has 0 atom stereocenters. The highest BCUT2D eigenvalue weighted by Gasteiger charge is 1.98. The van der Waals surface area contributed by atoms with Crippen molar-refractivity contribution in [1.29, 1.82) is 0 Å². The first-order valence-electron chi connectivity index (χ1n) is 4.98. The average molecular weight is 202 g/mol. The van der Waals surface area contributed by atoms with Gasteiger partial charge in [0.2, 0.25) is 0 Å². The zero-order valence-electron chi connectivity index (χ0n) is 8.50. The zero-order valence-corrected chi connectivity index (χ0v) is 8.50. The molecule has 2 heterocycles. The van der Waals surface area contributed by atoms with Crippen LogP contribution < -0.4 is 5.73 Å². The third-order valence-electron chi connectivity index (χ3n) is 2.18. The monoisotopic (exact) mass is 202 g/mol. The van der Waals surface area contributed by atoms with Crippen molar-refractivity contribution in [1.82, 2.24) is 14.5 Å². The summed E-state index contributed by atoms with van der Waals surface area (Å²) >= 11 is 0. The standard InChI is InChI=1S/C11H14N4/c12-4-3-11-8-15(9-14-11)7-10-2-1-5-13-6-10/h1-2,5-6,8-9H,3-4,7,12H2. The van der Waals surface area contributed by atoms with Crippen LogP contribution in [0.1, 0.15) is 11.3 Å². The van der Waals surface area contributed by atoms with E-state index in [0.29, 0.717) is 6.54 Å². The minimum atomic E-state index is 0.643. The number of nitrogens with zero attached hydrogens (tertiary/aromatic N) is 3. The Kier molecular flexibility index (Phi) is 3.09. The van der Waals surface area contributed by atoms with Crippen molar-refractivity contribution in [2.75, 3.05) is 6.54 Å². The molecule has 2 rings (SSSR count). The van der Waals surface area contributed by atoms with Crippen molar-refractivity contribution >= 4 is 0 Å². The Labute approximate surface area is 88.8 Å². The van der Waals surface area contributed by atoms with E-state index < -0.39 is 0 Å². The fourth-order valence-electron chi connectivity index (χ4n) is 1.47. The van der Waals surface area contributed by atoms with Gasteiger partial charge in [-0.05, 0) is 18.2 Å². The molecular formula is C11H14N4. The summed E-state index contributed by atoms with van der Waals surface area (Å²) < 4.78 is 2.04. The van der Waals surface area contributed by atoms with Gasteiger partial charge < -0.3 is 10.3 Å². The Bertz CT molecular complexity index is 408. The topological polar surface area (TPSA) is 56.7 Å². The molecule has 0 bridgehead atoms. The molecule has 0 aliphatic heterocycles. The molecule has 0 aliphatic carbocycles. The summed E-state index contributed by atoms with van der Waals surface area (Å²) in [4.78, 5) is 8.33. The molecule has 0 unspecified atom stereocenters. The Morgan fingerprint density at radius 2 is 2.33 bits per heavy atom. The maximum absolute atomic E-state index is 5.46. The molecule has 0 radical (unpaired) electrons. The van der Waals surface area contributed by atoms with Crippen LogP contribution in [-0.2, 0) is 13.0 Å². The van der Waals surface area contributed by atoms with Gasteiger partial charge in [-0.25, -0.2) is 4.98 Å². The molecule has 2 aromatic rings. The average Bonchev–Trinajstić information content (AvgIpc) is 2.68. The van der Waals surface area contributed by atoms with Crippen LogP contribution in [0.25, 0.3) is 0 Å². The molecule has 4 nitrogen and oxygen atoms in total. The first kappa shape index (κ1) is 9.86. The van der Waals surface area contributed by atoms with Gasteiger partial charge in [-0.1, -0.05) is 6.07 Å². The van der Waals surface area contributed by atoms with Gasteiger partial charge in [0.1, 0.15) is 0 Å². The molecule has 0 aliphatic rings. The molecule has 2 aromatic heterocycles. The van der Waals surface area contributed by atoms with Crippen molar-refractivity contribution in [3.63, 3.8) is 0 Å². The maximum Gasteiger partial charge on any atom is 0.0952 e. The normalized spacial score (nSPS) is 10.5. The van der Waals surface area contributed by atoms with Crippen molar-refractivity contribution < 1.29 is 0 Å². The van der Waals surface area contributed by atoms with Crippen LogP contribution in [0.4, 0.5) is 0 Å². The van der Waals surface area contributed by atoms with E-state index >= 15 is 0 Å². The Hall–Kier alpha value is -1.68. The molecule has 0 amide bonds. The minimum Gasteiger partial charge on any atom is -0.333 e. The van der Waals surface area contributed by atoms with Gasteiger partial charge in [0, 0.05) is 25.0 Å². The number of hydrogen-bond acceptors (Lipinski definition) is 3. The lowest BCUT2D eigenvalue weighted by molar-refractivity contribution is 0.791. The largest absolute Gasteiger partial charge is 0.333 e. The van der Waals surface area contributed by atoms with E-state index in [1.165, 1.54) is 5.56 Å². The molecule has 0 saturated heterocycles. The van der Waals surface area contributed by atoms with Crippen LogP contribution in [-0.4, -0.2) is 21.1 Å². The van der Waals surface area contributed by atoms with E-state index in [-0.39, 0.29) is 0 Å². The zero-order chi connectivity index (χ0) is 10.5. The highest BCUT2D eigenvalue weighted by atomic mass is 15.0. The molecule has 4 heteroatoms. The second-order valence-corrected chi connectivity index (χ2v) is 3.44. The van der Waals surface area contributed by atoms with Gasteiger partial charge in [0.15, 0.2) is 0 Å². The summed E-state index contributed by atoms with van der Waals surface area (Å²) in [6, 6.07) is 3.99. The first-order valence-corrected chi connectivity index (χ1v) is 4.98. The van der Waals surface area contributed by atoms with Crippen molar-refractivity contribution in [2.45, 2.75) is 13.0 Å². The molecule has 0 spiro atoms. The third-order valence-corrected chi connectivity index (χ3v) is 2.18. The lowest BCUT2D eigenvalue weighted by Crippen LogP contribution is -2.02. The highest BCUT2D eigenvalue weighted by molar-refractivity contribution is 5.10. The summed E-state index contributed by atoms with van der Waals surface area (Å²) in [6.07, 6.45) is 8.33. The predicted octanol–water partition coefficient (Wildman–Crippen LogP) is 0.828. The molecular weight excluding hydrogens is 188 g/mol. The Balaban J connectivity index is 2.05. The maximum atomic E-state index is 5.46. The number of hydrogen-bond donors (Lipinski definition) is 1. The van der Waals surface area contributed by atoms with Crippen LogP contribution in [0.2, 0.25) is 0 Å². The van der Waals surface area contributed by atoms with Gasteiger partial charge in [0.25, 0.3) is 0 Å². The third kappa shape index (κ3) is 2.63. The van der Waals surface area contributed by atoms with Crippen LogP contribution >= 0.6 is 0 Å². The van der Waals surface area contributed by atoms with Crippen LogP contribution in [0.5, 0.6) is 0 Å². The summed E-state index contributed by atoms with van der Waals surface area (Å²) in [6.45, 7) is 1.45. The Morgan fingerprint density at radius 1 is 1.40 bits per heavy atom. The lowest BCUT2D eigenvalue weighted by Gasteiger charge is -2.00. The van der Waals surface area contributed by atoms with Crippen molar-refractivity contribution in [3.05, 3.63) is 48.3 Å². The van der Waals surface area contributed by atoms with Gasteiger partial charge in [0.05, 0.1) is 18.6 Å². The minimum absolute atomic E-state index is 0.643. The lowest BCUT2D eigenvalue weighted by atomic mass is 10.3. The van der Waals surface area contributed by atoms with Crippen molar-refractivity contribution in [2.24, 2.45) is 5.73 Å². The molecule has 78 valence electrons. The van der Waals surface area contributed by atoms with Crippen molar-refractivity contribution in [3.8, 4) is 0 Å². The fourth-order valence-corrected chi connectivity index (χ4v) is 1.47. The van der Waals surface area contributed by atoms with E-state index in [9.17, 15) is 0 Å². The predicted molar refractivity (Wildman–Crippen MR) is 58.3 cm³/mol. The van der Waals surface area contributed by atoms with E-state index in [4.69, 9.17) is 5.73 Å². The summed E-state index contributed by atoms with van der Waals surface area (Å²) in [7, 11) is 0. The van der Waals surface area contributed by atoms with Gasteiger partial charge >= 0.3 is 0 Å². The molecule has 0 saturated carbocycles. The molecule has 2 N–H and O–H groups in total. The van der Waals surface area contributed by atoms with Crippen LogP contribution in [0, 0.1) is 0 Å². The van der Waals surface area contributed by atoms with E-state index in [1.807, 2.05) is 29.4 Å². The smallest absolute Gasteiger partial charge is 0.0952 e. The summed E-state index contributed by atoms with van der Waals surface area (Å²) in [5.74, 6) is 0. The van der Waals surface area contributed by atoms with Crippen LogP contribution in [0.15, 0.2) is 37.1 Å². The number of pyridine rings is 1. The second kappa shape index (κ2) is 4.70. The molecule has 0 aromatic carbocycles. The van der Waals surface area contributed by atoms with E-state index in [1.54, 1.807) is 6.20 Å². The SMILES string of the molecule is NCCc1cn(Cc2cccnc2)cn1. The van der Waals surface area contributed by atoms with Gasteiger partial charge in [-0.2, -0.15) is 0 Å². The molecule has 0 fully saturated rings. The molecule has 15 heavy (non-hydrogen) atoms. The summed E-state index contributed by atoms with van der Waals surface area (Å²) in [5, 5.41) is 0. The van der Waals surface area contributed by atoms with Gasteiger partial charge in [-0.3, -0.25) is 4.98 Å².